The summed E-state index contributed by atoms with van der Waals surface area (Å²) in [7, 11) is 0. The Labute approximate surface area is 143 Å². The molecule has 4 rings (SSSR count). The van der Waals surface area contributed by atoms with Crippen LogP contribution in [-0.4, -0.2) is 31.4 Å². The molecule has 5 nitrogen and oxygen atoms in total. The Kier molecular flexibility index (Phi) is 4.97. The van der Waals surface area contributed by atoms with Crippen molar-refractivity contribution in [3.63, 3.8) is 0 Å². The van der Waals surface area contributed by atoms with E-state index >= 15 is 0 Å². The first-order chi connectivity index (χ1) is 11.5. The van der Waals surface area contributed by atoms with E-state index in [2.05, 4.69) is 0 Å². The van der Waals surface area contributed by atoms with Gasteiger partial charge in [-0.15, -0.1) is 0 Å². The summed E-state index contributed by atoms with van der Waals surface area (Å²) in [6.45, 7) is 3.81. The molecular weight excluding hydrogens is 308 g/mol. The van der Waals surface area contributed by atoms with Crippen molar-refractivity contribution in [3.05, 3.63) is 0 Å². The molecule has 0 aromatic heterocycles. The Balaban J connectivity index is 1.90. The van der Waals surface area contributed by atoms with E-state index in [0.29, 0.717) is 17.8 Å². The van der Waals surface area contributed by atoms with E-state index in [1.54, 1.807) is 13.8 Å². The van der Waals surface area contributed by atoms with E-state index in [-0.39, 0.29) is 18.6 Å². The monoisotopic (exact) mass is 336 g/mol. The summed E-state index contributed by atoms with van der Waals surface area (Å²) < 4.78 is 10.2. The van der Waals surface area contributed by atoms with Gasteiger partial charge in [0.25, 0.3) is 0 Å². The van der Waals surface area contributed by atoms with Crippen molar-refractivity contribution in [2.45, 2.75) is 52.4 Å². The Morgan fingerprint density at radius 1 is 0.958 bits per heavy atom. The zero-order valence-corrected chi connectivity index (χ0v) is 14.7. The lowest BCUT2D eigenvalue weighted by molar-refractivity contribution is -0.175. The molecule has 0 aromatic carbocycles. The van der Waals surface area contributed by atoms with Crippen LogP contribution in [0.5, 0.6) is 0 Å². The second-order valence-corrected chi connectivity index (χ2v) is 7.92. The predicted molar refractivity (Wildman–Crippen MR) is 86.9 cm³/mol. The Morgan fingerprint density at radius 2 is 1.38 bits per heavy atom. The van der Waals surface area contributed by atoms with Crippen LogP contribution in [-0.2, 0) is 23.9 Å². The van der Waals surface area contributed by atoms with Crippen LogP contribution in [0.25, 0.3) is 0 Å². The molecule has 24 heavy (non-hydrogen) atoms. The molecule has 0 N–H and O–H groups in total. The van der Waals surface area contributed by atoms with Crippen LogP contribution in [0.2, 0.25) is 0 Å². The second-order valence-electron chi connectivity index (χ2n) is 7.92. The molecule has 4 saturated carbocycles. The van der Waals surface area contributed by atoms with Crippen molar-refractivity contribution in [1.29, 1.82) is 0 Å². The zero-order valence-electron chi connectivity index (χ0n) is 14.7. The van der Waals surface area contributed by atoms with E-state index in [9.17, 15) is 14.4 Å². The fourth-order valence-electron chi connectivity index (χ4n) is 6.02. The van der Waals surface area contributed by atoms with Gasteiger partial charge >= 0.3 is 11.9 Å². The van der Waals surface area contributed by atoms with Crippen LogP contribution in [0.3, 0.4) is 0 Å². The summed E-state index contributed by atoms with van der Waals surface area (Å²) in [6, 6.07) is 0. The Hall–Kier alpha value is -1.39. The molecule has 0 aliphatic heterocycles. The molecule has 4 fully saturated rings. The molecule has 0 radical (unpaired) electrons. The minimum atomic E-state index is -1.11. The van der Waals surface area contributed by atoms with Gasteiger partial charge in [-0.1, -0.05) is 0 Å². The van der Waals surface area contributed by atoms with Crippen molar-refractivity contribution in [2.24, 2.45) is 35.0 Å². The van der Waals surface area contributed by atoms with Crippen molar-refractivity contribution in [1.82, 2.24) is 0 Å². The number of ether oxygens (including phenoxy) is 2. The van der Waals surface area contributed by atoms with Gasteiger partial charge in [-0.3, -0.25) is 9.59 Å². The Bertz CT molecular complexity index is 459. The molecule has 1 atom stereocenters. The van der Waals surface area contributed by atoms with Gasteiger partial charge in [-0.2, -0.15) is 0 Å². The lowest BCUT2D eigenvalue weighted by atomic mass is 9.45. The van der Waals surface area contributed by atoms with Gasteiger partial charge in [0.2, 0.25) is 0 Å². The highest BCUT2D eigenvalue weighted by Gasteiger charge is 2.58. The van der Waals surface area contributed by atoms with Gasteiger partial charge in [0.15, 0.2) is 5.92 Å². The van der Waals surface area contributed by atoms with Gasteiger partial charge in [0.1, 0.15) is 6.29 Å². The first kappa shape index (κ1) is 17.4. The number of hydrogen-bond acceptors (Lipinski definition) is 5. The molecule has 4 aliphatic carbocycles. The summed E-state index contributed by atoms with van der Waals surface area (Å²) in [5, 5.41) is 0. The summed E-state index contributed by atoms with van der Waals surface area (Å²) in [5.74, 6) is -1.02. The first-order valence-electron chi connectivity index (χ1n) is 9.31. The molecular formula is C19H28O5. The van der Waals surface area contributed by atoms with Crippen LogP contribution >= 0.6 is 0 Å². The average Bonchev–Trinajstić information content (AvgIpc) is 2.51. The van der Waals surface area contributed by atoms with E-state index in [0.717, 1.165) is 25.5 Å². The van der Waals surface area contributed by atoms with Crippen LogP contribution in [0.15, 0.2) is 0 Å². The van der Waals surface area contributed by atoms with Crippen molar-refractivity contribution >= 4 is 18.2 Å². The van der Waals surface area contributed by atoms with Crippen molar-refractivity contribution in [3.8, 4) is 0 Å². The van der Waals surface area contributed by atoms with Gasteiger partial charge in [0, 0.05) is 5.92 Å². The molecule has 4 bridgehead atoms. The van der Waals surface area contributed by atoms with Gasteiger partial charge in [0.05, 0.1) is 13.2 Å². The molecule has 0 aromatic rings. The standard InChI is InChI=1S/C19H28O5/c1-3-23-17(21)16(18(22)24-4-2)15(11-20)19-8-12-5-13(9-19)7-14(6-12)10-19/h11-16H,3-10H2,1-2H3/t12?,13?,14?,15-,19?/m0/s1. The highest BCUT2D eigenvalue weighted by atomic mass is 16.6. The van der Waals surface area contributed by atoms with Gasteiger partial charge in [-0.05, 0) is 75.5 Å². The normalized spacial score (nSPS) is 34.9. The zero-order chi connectivity index (χ0) is 17.3. The maximum Gasteiger partial charge on any atom is 0.321 e. The number of rotatable bonds is 7. The minimum absolute atomic E-state index is 0.196. The maximum absolute atomic E-state index is 12.5. The lowest BCUT2D eigenvalue weighted by Crippen LogP contribution is -2.54. The van der Waals surface area contributed by atoms with Crippen LogP contribution in [0.1, 0.15) is 52.4 Å². The summed E-state index contributed by atoms with van der Waals surface area (Å²) in [5.41, 5.74) is -0.222. The molecule has 0 unspecified atom stereocenters. The van der Waals surface area contributed by atoms with Crippen LogP contribution < -0.4 is 0 Å². The van der Waals surface area contributed by atoms with Crippen LogP contribution in [0, 0.1) is 35.0 Å². The number of esters is 2. The molecule has 0 saturated heterocycles. The molecule has 0 heterocycles. The fraction of sp³-hybridized carbons (Fsp3) is 0.842. The quantitative estimate of drug-likeness (QED) is 0.406. The summed E-state index contributed by atoms with van der Waals surface area (Å²) in [4.78, 5) is 37.0. The topological polar surface area (TPSA) is 69.7 Å². The Morgan fingerprint density at radius 3 is 1.71 bits per heavy atom. The number of aldehydes is 1. The lowest BCUT2D eigenvalue weighted by Gasteiger charge is -2.59. The largest absolute Gasteiger partial charge is 0.465 e. The minimum Gasteiger partial charge on any atom is -0.465 e. The molecule has 134 valence electrons. The first-order valence-corrected chi connectivity index (χ1v) is 9.31. The number of carbonyl (C=O) groups excluding carboxylic acids is 3. The molecule has 0 spiro atoms. The molecule has 0 amide bonds. The van der Waals surface area contributed by atoms with Crippen molar-refractivity contribution in [2.75, 3.05) is 13.2 Å². The fourth-order valence-corrected chi connectivity index (χ4v) is 6.02. The third-order valence-electron chi connectivity index (χ3n) is 6.38. The SMILES string of the molecule is CCOC(=O)C(C(=O)OCC)[C@H](C=O)C12CC3CC(CC(C3)C1)C2. The average molecular weight is 336 g/mol. The summed E-state index contributed by atoms with van der Waals surface area (Å²) in [6.07, 6.45) is 7.44. The van der Waals surface area contributed by atoms with E-state index < -0.39 is 23.8 Å². The smallest absolute Gasteiger partial charge is 0.321 e. The highest BCUT2D eigenvalue weighted by molar-refractivity contribution is 5.97. The third kappa shape index (κ3) is 2.98. The van der Waals surface area contributed by atoms with Gasteiger partial charge in [-0.25, -0.2) is 0 Å². The van der Waals surface area contributed by atoms with Gasteiger partial charge < -0.3 is 14.3 Å². The van der Waals surface area contributed by atoms with E-state index in [4.69, 9.17) is 9.47 Å². The number of carbonyl (C=O) groups is 3. The van der Waals surface area contributed by atoms with Crippen molar-refractivity contribution < 1.29 is 23.9 Å². The molecule has 4 aliphatic rings. The maximum atomic E-state index is 12.5. The predicted octanol–water partition coefficient (Wildman–Crippen LogP) is 2.76. The second kappa shape index (κ2) is 6.85. The van der Waals surface area contributed by atoms with E-state index in [1.165, 1.54) is 19.3 Å². The highest BCUT2D eigenvalue weighted by Crippen LogP contribution is 2.63. The summed E-state index contributed by atoms with van der Waals surface area (Å²) >= 11 is 0. The van der Waals surface area contributed by atoms with E-state index in [1.807, 2.05) is 0 Å². The number of hydrogen-bond donors (Lipinski definition) is 0. The molecule has 5 heteroatoms. The third-order valence-corrected chi connectivity index (χ3v) is 6.38. The van der Waals surface area contributed by atoms with Crippen LogP contribution in [0.4, 0.5) is 0 Å².